The number of nitrogens with one attached hydrogen (secondary N) is 1. The number of benzene rings is 1. The van der Waals surface area contributed by atoms with Crippen LogP contribution in [0.3, 0.4) is 0 Å². The van der Waals surface area contributed by atoms with Crippen LogP contribution < -0.4 is 5.32 Å². The van der Waals surface area contributed by atoms with Crippen molar-refractivity contribution in [2.24, 2.45) is 5.92 Å². The van der Waals surface area contributed by atoms with E-state index in [4.69, 9.17) is 5.11 Å². The van der Waals surface area contributed by atoms with Gasteiger partial charge in [-0.15, -0.1) is 0 Å². The Morgan fingerprint density at radius 1 is 1.29 bits per heavy atom. The molecule has 0 radical (unpaired) electrons. The monoisotopic (exact) mass is 327 g/mol. The van der Waals surface area contributed by atoms with Crippen LogP contribution in [0.5, 0.6) is 0 Å². The summed E-state index contributed by atoms with van der Waals surface area (Å²) in [7, 11) is 0. The number of carbonyl (C=O) groups excluding carboxylic acids is 1. The lowest BCUT2D eigenvalue weighted by Gasteiger charge is -2.12. The van der Waals surface area contributed by atoms with Crippen molar-refractivity contribution in [2.45, 2.75) is 39.2 Å². The molecule has 1 aromatic carbocycles. The fourth-order valence-corrected chi connectivity index (χ4v) is 3.25. The van der Waals surface area contributed by atoms with Crippen LogP contribution in [0, 0.1) is 19.8 Å². The van der Waals surface area contributed by atoms with Crippen LogP contribution >= 0.6 is 0 Å². The molecule has 0 unspecified atom stereocenters. The van der Waals surface area contributed by atoms with Crippen LogP contribution in [0.1, 0.15) is 40.9 Å². The van der Waals surface area contributed by atoms with Crippen molar-refractivity contribution >= 4 is 11.9 Å². The number of nitrogens with zero attached hydrogens (tertiary/aromatic N) is 2. The zero-order valence-electron chi connectivity index (χ0n) is 13.8. The molecule has 24 heavy (non-hydrogen) atoms. The first-order valence-corrected chi connectivity index (χ1v) is 8.11. The first kappa shape index (κ1) is 16.2. The third kappa shape index (κ3) is 3.18. The Kier molecular flexibility index (Phi) is 4.38. The van der Waals surface area contributed by atoms with E-state index < -0.39 is 5.97 Å². The number of amides is 1. The summed E-state index contributed by atoms with van der Waals surface area (Å²) in [5.41, 5.74) is 3.33. The molecule has 2 atom stereocenters. The zero-order valence-corrected chi connectivity index (χ0v) is 13.8. The highest BCUT2D eigenvalue weighted by Gasteiger charge is 2.31. The third-order valence-corrected chi connectivity index (χ3v) is 4.62. The summed E-state index contributed by atoms with van der Waals surface area (Å²) in [4.78, 5) is 23.5. The molecule has 2 aromatic rings. The second kappa shape index (κ2) is 6.47. The van der Waals surface area contributed by atoms with Gasteiger partial charge in [-0.3, -0.25) is 9.59 Å². The van der Waals surface area contributed by atoms with Crippen LogP contribution in [-0.2, 0) is 4.79 Å². The number of carbonyl (C=O) groups is 2. The lowest BCUT2D eigenvalue weighted by atomic mass is 10.1. The Balaban J connectivity index is 1.74. The molecule has 1 fully saturated rings. The van der Waals surface area contributed by atoms with E-state index in [-0.39, 0.29) is 17.9 Å². The van der Waals surface area contributed by atoms with Gasteiger partial charge in [-0.2, -0.15) is 5.10 Å². The fourth-order valence-electron chi connectivity index (χ4n) is 3.25. The van der Waals surface area contributed by atoms with Gasteiger partial charge in [-0.1, -0.05) is 12.1 Å². The Hall–Kier alpha value is -2.63. The average molecular weight is 327 g/mol. The fraction of sp³-hybridized carbons (Fsp3) is 0.389. The second-order valence-electron chi connectivity index (χ2n) is 6.41. The van der Waals surface area contributed by atoms with Crippen molar-refractivity contribution < 1.29 is 14.7 Å². The highest BCUT2D eigenvalue weighted by molar-refractivity contribution is 5.95. The molecule has 3 rings (SSSR count). The van der Waals surface area contributed by atoms with E-state index in [1.807, 2.05) is 38.1 Å². The third-order valence-electron chi connectivity index (χ3n) is 4.62. The van der Waals surface area contributed by atoms with Crippen LogP contribution in [0.2, 0.25) is 0 Å². The lowest BCUT2D eigenvalue weighted by molar-refractivity contribution is -0.141. The maximum atomic E-state index is 12.5. The van der Waals surface area contributed by atoms with Crippen LogP contribution in [0.4, 0.5) is 0 Å². The van der Waals surface area contributed by atoms with E-state index in [9.17, 15) is 9.59 Å². The van der Waals surface area contributed by atoms with Gasteiger partial charge in [0.15, 0.2) is 0 Å². The van der Waals surface area contributed by atoms with E-state index in [1.165, 1.54) is 0 Å². The maximum absolute atomic E-state index is 12.5. The average Bonchev–Trinajstić information content (AvgIpc) is 3.14. The molecular weight excluding hydrogens is 306 g/mol. The number of rotatable bonds is 4. The molecule has 126 valence electrons. The van der Waals surface area contributed by atoms with Gasteiger partial charge in [0.2, 0.25) is 0 Å². The molecule has 0 aliphatic heterocycles. The van der Waals surface area contributed by atoms with Crippen molar-refractivity contribution in [3.8, 4) is 5.69 Å². The van der Waals surface area contributed by atoms with Gasteiger partial charge in [0, 0.05) is 6.04 Å². The van der Waals surface area contributed by atoms with E-state index in [1.54, 1.807) is 10.9 Å². The number of carboxylic acid groups (broad SMARTS) is 1. The highest BCUT2D eigenvalue weighted by atomic mass is 16.4. The van der Waals surface area contributed by atoms with Crippen LogP contribution in [0.25, 0.3) is 5.69 Å². The molecule has 1 aliphatic carbocycles. The number of aromatic nitrogens is 2. The quantitative estimate of drug-likeness (QED) is 0.903. The summed E-state index contributed by atoms with van der Waals surface area (Å²) in [6, 6.07) is 7.84. The molecule has 1 aliphatic rings. The Bertz CT molecular complexity index is 782. The number of carboxylic acids is 1. The molecule has 0 bridgehead atoms. The standard InChI is InChI=1S/C18H21N3O3/c1-11-4-3-5-15(8-11)21-12(2)16(10-19-21)17(22)20-14-7-6-13(9-14)18(23)24/h3-5,8,10,13-14H,6-7,9H2,1-2H3,(H,20,22)(H,23,24)/t13-,14+/m0/s1. The smallest absolute Gasteiger partial charge is 0.306 e. The van der Waals surface area contributed by atoms with Crippen molar-refractivity contribution in [2.75, 3.05) is 0 Å². The minimum Gasteiger partial charge on any atom is -0.481 e. The van der Waals surface area contributed by atoms with Gasteiger partial charge in [-0.25, -0.2) is 4.68 Å². The molecule has 6 heteroatoms. The Labute approximate surface area is 140 Å². The molecule has 0 saturated heterocycles. The molecule has 1 saturated carbocycles. The molecule has 1 heterocycles. The number of aryl methyl sites for hydroxylation is 1. The summed E-state index contributed by atoms with van der Waals surface area (Å²) in [6.07, 6.45) is 3.37. The summed E-state index contributed by atoms with van der Waals surface area (Å²) < 4.78 is 1.75. The summed E-state index contributed by atoms with van der Waals surface area (Å²) in [6.45, 7) is 3.87. The molecule has 1 aromatic heterocycles. The summed E-state index contributed by atoms with van der Waals surface area (Å²) in [5, 5.41) is 16.3. The van der Waals surface area contributed by atoms with Gasteiger partial charge in [0.25, 0.3) is 5.91 Å². The lowest BCUT2D eigenvalue weighted by Crippen LogP contribution is -2.33. The number of hydrogen-bond donors (Lipinski definition) is 2. The summed E-state index contributed by atoms with van der Waals surface area (Å²) >= 11 is 0. The minimum absolute atomic E-state index is 0.0830. The molecule has 6 nitrogen and oxygen atoms in total. The minimum atomic E-state index is -0.782. The Morgan fingerprint density at radius 2 is 2.08 bits per heavy atom. The predicted molar refractivity (Wildman–Crippen MR) is 89.3 cm³/mol. The molecule has 2 N–H and O–H groups in total. The van der Waals surface area contributed by atoms with E-state index in [0.29, 0.717) is 24.8 Å². The second-order valence-corrected chi connectivity index (χ2v) is 6.41. The number of hydrogen-bond acceptors (Lipinski definition) is 3. The van der Waals surface area contributed by atoms with Gasteiger partial charge in [0.1, 0.15) is 0 Å². The van der Waals surface area contributed by atoms with Crippen molar-refractivity contribution in [3.05, 3.63) is 47.3 Å². The van der Waals surface area contributed by atoms with Gasteiger partial charge in [0.05, 0.1) is 29.1 Å². The molecule has 0 spiro atoms. The maximum Gasteiger partial charge on any atom is 0.306 e. The van der Waals surface area contributed by atoms with Crippen LogP contribution in [-0.4, -0.2) is 32.8 Å². The van der Waals surface area contributed by atoms with E-state index >= 15 is 0 Å². The van der Waals surface area contributed by atoms with Crippen molar-refractivity contribution in [1.82, 2.24) is 15.1 Å². The van der Waals surface area contributed by atoms with Gasteiger partial charge >= 0.3 is 5.97 Å². The predicted octanol–water partition coefficient (Wildman–Crippen LogP) is 2.47. The highest BCUT2D eigenvalue weighted by Crippen LogP contribution is 2.26. The Morgan fingerprint density at radius 3 is 2.75 bits per heavy atom. The summed E-state index contributed by atoms with van der Waals surface area (Å²) in [5.74, 6) is -1.33. The van der Waals surface area contributed by atoms with Crippen LogP contribution in [0.15, 0.2) is 30.5 Å². The number of aliphatic carboxylic acids is 1. The molecule has 1 amide bonds. The SMILES string of the molecule is Cc1cccc(-n2ncc(C(=O)N[C@@H]3CC[C@H](C(=O)O)C3)c2C)c1. The van der Waals surface area contributed by atoms with E-state index in [2.05, 4.69) is 10.4 Å². The first-order valence-electron chi connectivity index (χ1n) is 8.11. The van der Waals surface area contributed by atoms with E-state index in [0.717, 1.165) is 16.9 Å². The zero-order chi connectivity index (χ0) is 17.3. The topological polar surface area (TPSA) is 84.2 Å². The van der Waals surface area contributed by atoms with Crippen molar-refractivity contribution in [3.63, 3.8) is 0 Å². The van der Waals surface area contributed by atoms with Crippen molar-refractivity contribution in [1.29, 1.82) is 0 Å². The van der Waals surface area contributed by atoms with Gasteiger partial charge < -0.3 is 10.4 Å². The van der Waals surface area contributed by atoms with Gasteiger partial charge in [-0.05, 0) is 50.8 Å². The molecular formula is C18H21N3O3. The normalized spacial score (nSPS) is 20.1. The first-order chi connectivity index (χ1) is 11.5. The largest absolute Gasteiger partial charge is 0.481 e.